The van der Waals surface area contributed by atoms with Gasteiger partial charge in [-0.05, 0) is 40.4 Å². The van der Waals surface area contributed by atoms with Gasteiger partial charge in [-0.15, -0.1) is 0 Å². The molecule has 0 saturated heterocycles. The Labute approximate surface area is 119 Å². The van der Waals surface area contributed by atoms with E-state index in [0.29, 0.717) is 16.9 Å². The van der Waals surface area contributed by atoms with Gasteiger partial charge in [0.2, 0.25) is 0 Å². The molecule has 1 unspecified atom stereocenters. The summed E-state index contributed by atoms with van der Waals surface area (Å²) in [5, 5.41) is 10.7. The molecule has 7 heteroatoms. The molecule has 0 bridgehead atoms. The van der Waals surface area contributed by atoms with E-state index < -0.39 is 16.2 Å². The van der Waals surface area contributed by atoms with Crippen LogP contribution in [0.1, 0.15) is 19.8 Å². The third kappa shape index (κ3) is 4.13. The lowest BCUT2D eigenvalue weighted by molar-refractivity contribution is -0.386. The van der Waals surface area contributed by atoms with Crippen LogP contribution in [0, 0.1) is 16.0 Å². The van der Waals surface area contributed by atoms with Crippen molar-refractivity contribution in [2.75, 3.05) is 5.75 Å². The predicted molar refractivity (Wildman–Crippen MR) is 77.3 cm³/mol. The Hall–Kier alpha value is -0.820. The van der Waals surface area contributed by atoms with Crippen LogP contribution in [0.5, 0.6) is 0 Å². The minimum atomic E-state index is -0.652. The molecule has 0 aromatic carbocycles. The third-order valence-corrected chi connectivity index (χ3v) is 3.41. The number of hydrogen-bond donors (Lipinski definition) is 1. The number of rotatable bonds is 6. The number of halogens is 1. The number of thiol groups is 1. The number of pyridine rings is 1. The first kappa shape index (κ1) is 15.2. The van der Waals surface area contributed by atoms with Crippen LogP contribution in [0.4, 0.5) is 5.69 Å². The van der Waals surface area contributed by atoms with Gasteiger partial charge in [-0.25, -0.2) is 0 Å². The first-order chi connectivity index (χ1) is 8.45. The number of hydrogen-bond acceptors (Lipinski definition) is 4. The van der Waals surface area contributed by atoms with Crippen molar-refractivity contribution in [1.29, 1.82) is 0 Å². The van der Waals surface area contributed by atoms with E-state index in [4.69, 9.17) is 0 Å². The second kappa shape index (κ2) is 6.94. The molecule has 0 aliphatic heterocycles. The number of nitrogens with zero attached hydrogens (tertiary/aromatic N) is 2. The van der Waals surface area contributed by atoms with Gasteiger partial charge in [0.05, 0.1) is 4.92 Å². The average molecular weight is 335 g/mol. The molecule has 1 heterocycles. The molecule has 0 saturated carbocycles. The molecule has 0 aliphatic rings. The third-order valence-electron chi connectivity index (χ3n) is 2.72. The van der Waals surface area contributed by atoms with Crippen LogP contribution < -0.4 is 5.56 Å². The maximum atomic E-state index is 11.8. The fraction of sp³-hybridized carbons (Fsp3) is 0.545. The quantitative estimate of drug-likeness (QED) is 0.494. The summed E-state index contributed by atoms with van der Waals surface area (Å²) < 4.78 is 1.92. The zero-order valence-electron chi connectivity index (χ0n) is 10.0. The van der Waals surface area contributed by atoms with E-state index in [1.807, 2.05) is 0 Å². The Morgan fingerprint density at radius 1 is 1.56 bits per heavy atom. The van der Waals surface area contributed by atoms with Crippen LogP contribution in [0.15, 0.2) is 21.5 Å². The highest BCUT2D eigenvalue weighted by atomic mass is 79.9. The Morgan fingerprint density at radius 3 is 2.78 bits per heavy atom. The molecule has 0 spiro atoms. The second-order valence-electron chi connectivity index (χ2n) is 4.21. The lowest BCUT2D eigenvalue weighted by atomic mass is 10.1. The highest BCUT2D eigenvalue weighted by Gasteiger charge is 2.16. The molecule has 0 N–H and O–H groups in total. The molecule has 1 aromatic heterocycles. The van der Waals surface area contributed by atoms with Gasteiger partial charge in [-0.2, -0.15) is 12.6 Å². The average Bonchev–Trinajstić information content (AvgIpc) is 2.30. The Kier molecular flexibility index (Phi) is 5.87. The van der Waals surface area contributed by atoms with E-state index in [1.54, 1.807) is 6.20 Å². The van der Waals surface area contributed by atoms with Crippen LogP contribution >= 0.6 is 28.6 Å². The lowest BCUT2D eigenvalue weighted by Gasteiger charge is -2.11. The van der Waals surface area contributed by atoms with E-state index in [0.717, 1.165) is 18.6 Å². The monoisotopic (exact) mass is 334 g/mol. The molecule has 5 nitrogen and oxygen atoms in total. The molecular formula is C11H15BrN2O3S. The Bertz CT molecular complexity index is 490. The Morgan fingerprint density at radius 2 is 2.22 bits per heavy atom. The van der Waals surface area contributed by atoms with Crippen LogP contribution in [0.25, 0.3) is 0 Å². The fourth-order valence-electron chi connectivity index (χ4n) is 1.61. The van der Waals surface area contributed by atoms with Crippen LogP contribution in [0.3, 0.4) is 0 Å². The summed E-state index contributed by atoms with van der Waals surface area (Å²) in [6, 6.07) is 1.23. The van der Waals surface area contributed by atoms with Crippen molar-refractivity contribution in [2.24, 2.45) is 5.92 Å². The highest BCUT2D eigenvalue weighted by Crippen LogP contribution is 2.15. The van der Waals surface area contributed by atoms with Crippen molar-refractivity contribution in [3.05, 3.63) is 37.2 Å². The smallest absolute Gasteiger partial charge is 0.309 e. The first-order valence-corrected chi connectivity index (χ1v) is 7.03. The molecule has 0 fully saturated rings. The molecule has 100 valence electrons. The van der Waals surface area contributed by atoms with Crippen LogP contribution in [-0.2, 0) is 6.54 Å². The first-order valence-electron chi connectivity index (χ1n) is 5.61. The van der Waals surface area contributed by atoms with Crippen molar-refractivity contribution in [2.45, 2.75) is 26.3 Å². The summed E-state index contributed by atoms with van der Waals surface area (Å²) in [6.45, 7) is 2.56. The van der Waals surface area contributed by atoms with Gasteiger partial charge in [-0.3, -0.25) is 14.9 Å². The largest absolute Gasteiger partial charge is 0.335 e. The van der Waals surface area contributed by atoms with Gasteiger partial charge in [0.25, 0.3) is 0 Å². The summed E-state index contributed by atoms with van der Waals surface area (Å²) in [5.41, 5.74) is -0.951. The summed E-state index contributed by atoms with van der Waals surface area (Å²) in [6.07, 6.45) is 3.35. The van der Waals surface area contributed by atoms with Gasteiger partial charge in [-0.1, -0.05) is 6.92 Å². The van der Waals surface area contributed by atoms with Crippen molar-refractivity contribution in [3.8, 4) is 0 Å². The Balaban J connectivity index is 2.89. The van der Waals surface area contributed by atoms with Gasteiger partial charge in [0, 0.05) is 23.3 Å². The molecular weight excluding hydrogens is 320 g/mol. The van der Waals surface area contributed by atoms with E-state index in [9.17, 15) is 14.9 Å². The van der Waals surface area contributed by atoms with E-state index in [2.05, 4.69) is 35.5 Å². The minimum absolute atomic E-state index is 0.397. The van der Waals surface area contributed by atoms with Crippen LogP contribution in [-0.4, -0.2) is 15.2 Å². The summed E-state index contributed by atoms with van der Waals surface area (Å²) in [4.78, 5) is 21.9. The molecule has 1 rings (SSSR count). The summed E-state index contributed by atoms with van der Waals surface area (Å²) in [5.74, 6) is 1.24. The minimum Gasteiger partial charge on any atom is -0.309 e. The van der Waals surface area contributed by atoms with Gasteiger partial charge in [0.15, 0.2) is 0 Å². The van der Waals surface area contributed by atoms with Gasteiger partial charge in [0.1, 0.15) is 0 Å². The zero-order chi connectivity index (χ0) is 13.7. The van der Waals surface area contributed by atoms with Gasteiger partial charge < -0.3 is 4.57 Å². The molecule has 0 amide bonds. The number of nitro groups is 1. The zero-order valence-corrected chi connectivity index (χ0v) is 12.5. The van der Waals surface area contributed by atoms with Crippen molar-refractivity contribution >= 4 is 34.2 Å². The second-order valence-corrected chi connectivity index (χ2v) is 5.57. The van der Waals surface area contributed by atoms with Crippen LogP contribution in [0.2, 0.25) is 0 Å². The summed E-state index contributed by atoms with van der Waals surface area (Å²) in [7, 11) is 0. The van der Waals surface area contributed by atoms with E-state index in [-0.39, 0.29) is 0 Å². The van der Waals surface area contributed by atoms with Gasteiger partial charge >= 0.3 is 11.2 Å². The number of aromatic nitrogens is 1. The fourth-order valence-corrected chi connectivity index (χ4v) is 2.51. The topological polar surface area (TPSA) is 65.1 Å². The highest BCUT2D eigenvalue weighted by molar-refractivity contribution is 9.10. The molecule has 1 atom stereocenters. The van der Waals surface area contributed by atoms with Crippen molar-refractivity contribution in [1.82, 2.24) is 4.57 Å². The number of aryl methyl sites for hydroxylation is 1. The predicted octanol–water partition coefficient (Wildman–Crippen LogP) is 2.87. The molecule has 18 heavy (non-hydrogen) atoms. The summed E-state index contributed by atoms with van der Waals surface area (Å²) >= 11 is 7.33. The molecule has 0 radical (unpaired) electrons. The normalized spacial score (nSPS) is 12.4. The maximum absolute atomic E-state index is 11.8. The van der Waals surface area contributed by atoms with E-state index in [1.165, 1.54) is 10.6 Å². The molecule has 0 aliphatic carbocycles. The van der Waals surface area contributed by atoms with Crippen molar-refractivity contribution in [3.63, 3.8) is 0 Å². The SMILES string of the molecule is CC(CCS)CCn1cc(Br)cc([N+](=O)[O-])c1=O. The lowest BCUT2D eigenvalue weighted by Crippen LogP contribution is -2.23. The maximum Gasteiger partial charge on any atom is 0.335 e. The standard InChI is InChI=1S/C11H15BrN2O3S/c1-8(3-5-18)2-4-13-7-9(12)6-10(11(13)15)14(16)17/h6-8,18H,2-5H2,1H3. The van der Waals surface area contributed by atoms with E-state index >= 15 is 0 Å². The van der Waals surface area contributed by atoms with Crippen molar-refractivity contribution < 1.29 is 4.92 Å². The molecule has 1 aromatic rings.